The highest BCUT2D eigenvalue weighted by atomic mass is 16.5. The molecule has 0 bridgehead atoms. The molecule has 0 aliphatic heterocycles. The van der Waals surface area contributed by atoms with Crippen molar-refractivity contribution in [3.8, 4) is 0 Å². The van der Waals surface area contributed by atoms with E-state index in [4.69, 9.17) is 14.7 Å². The van der Waals surface area contributed by atoms with Crippen molar-refractivity contribution < 1.29 is 4.74 Å². The Balaban J connectivity index is 1.44. The largest absolute Gasteiger partial charge is 0.378 e. The topological polar surface area (TPSA) is 35.0 Å². The summed E-state index contributed by atoms with van der Waals surface area (Å²) in [5, 5.41) is 0. The van der Waals surface area contributed by atoms with Gasteiger partial charge >= 0.3 is 0 Å². The monoisotopic (exact) mass is 330 g/mol. The Hall–Kier alpha value is -0.960. The third-order valence-corrected chi connectivity index (χ3v) is 5.91. The minimum Gasteiger partial charge on any atom is -0.378 e. The Bertz CT molecular complexity index is 459. The lowest BCUT2D eigenvalue weighted by atomic mass is 9.83. The quantitative estimate of drug-likeness (QED) is 0.596. The van der Waals surface area contributed by atoms with Gasteiger partial charge in [-0.25, -0.2) is 9.97 Å². The molecular formula is C21H34N2O. The summed E-state index contributed by atoms with van der Waals surface area (Å²) in [4.78, 5) is 9.45. The summed E-state index contributed by atoms with van der Waals surface area (Å²) >= 11 is 0. The van der Waals surface area contributed by atoms with Gasteiger partial charge in [-0.2, -0.15) is 0 Å². The minimum absolute atomic E-state index is 0.487. The van der Waals surface area contributed by atoms with Crippen molar-refractivity contribution in [3.63, 3.8) is 0 Å². The fourth-order valence-corrected chi connectivity index (χ4v) is 4.30. The SMILES string of the molecule is CCCCCOC1CCC(c2cnc(C3CCCCC3)nc2)CC1. The predicted octanol–water partition coefficient (Wildman–Crippen LogP) is 5.76. The summed E-state index contributed by atoms with van der Waals surface area (Å²) in [7, 11) is 0. The number of ether oxygens (including phenoxy) is 1. The third kappa shape index (κ3) is 5.02. The molecule has 24 heavy (non-hydrogen) atoms. The summed E-state index contributed by atoms with van der Waals surface area (Å²) < 4.78 is 6.04. The molecule has 2 fully saturated rings. The number of hydrogen-bond donors (Lipinski definition) is 0. The second-order valence-corrected chi connectivity index (χ2v) is 7.76. The van der Waals surface area contributed by atoms with Gasteiger partial charge in [0.1, 0.15) is 5.82 Å². The van der Waals surface area contributed by atoms with Gasteiger partial charge in [0, 0.05) is 24.9 Å². The van der Waals surface area contributed by atoms with E-state index in [9.17, 15) is 0 Å². The highest BCUT2D eigenvalue weighted by molar-refractivity contribution is 5.14. The lowest BCUT2D eigenvalue weighted by Gasteiger charge is -2.28. The molecule has 2 saturated carbocycles. The fraction of sp³-hybridized carbons (Fsp3) is 0.810. The van der Waals surface area contributed by atoms with Gasteiger partial charge in [0.2, 0.25) is 0 Å². The number of hydrogen-bond acceptors (Lipinski definition) is 3. The highest BCUT2D eigenvalue weighted by Crippen LogP contribution is 2.35. The zero-order valence-electron chi connectivity index (χ0n) is 15.4. The average molecular weight is 331 g/mol. The van der Waals surface area contributed by atoms with Crippen LogP contribution in [0.15, 0.2) is 12.4 Å². The molecule has 0 saturated heterocycles. The van der Waals surface area contributed by atoms with E-state index in [1.807, 2.05) is 0 Å². The van der Waals surface area contributed by atoms with Crippen LogP contribution in [0.5, 0.6) is 0 Å². The summed E-state index contributed by atoms with van der Waals surface area (Å²) in [5.74, 6) is 2.34. The van der Waals surface area contributed by atoms with Crippen molar-refractivity contribution in [1.29, 1.82) is 0 Å². The molecule has 0 amide bonds. The van der Waals surface area contributed by atoms with Crippen molar-refractivity contribution in [2.45, 2.75) is 102 Å². The van der Waals surface area contributed by atoms with Gasteiger partial charge in [-0.15, -0.1) is 0 Å². The molecule has 2 aliphatic rings. The molecule has 1 heterocycles. The molecule has 3 heteroatoms. The van der Waals surface area contributed by atoms with Crippen LogP contribution in [0.4, 0.5) is 0 Å². The first-order chi connectivity index (χ1) is 11.9. The fourth-order valence-electron chi connectivity index (χ4n) is 4.30. The van der Waals surface area contributed by atoms with Crippen LogP contribution in [0.3, 0.4) is 0 Å². The van der Waals surface area contributed by atoms with Gasteiger partial charge in [0.15, 0.2) is 0 Å². The molecule has 0 aromatic carbocycles. The zero-order valence-corrected chi connectivity index (χ0v) is 15.4. The van der Waals surface area contributed by atoms with Crippen molar-refractivity contribution in [2.75, 3.05) is 6.61 Å². The van der Waals surface area contributed by atoms with E-state index in [1.165, 1.54) is 82.6 Å². The number of nitrogens with zero attached hydrogens (tertiary/aromatic N) is 2. The normalized spacial score (nSPS) is 25.7. The lowest BCUT2D eigenvalue weighted by molar-refractivity contribution is 0.0227. The first-order valence-electron chi connectivity index (χ1n) is 10.3. The number of rotatable bonds is 7. The van der Waals surface area contributed by atoms with Gasteiger partial charge in [0.25, 0.3) is 0 Å². The zero-order chi connectivity index (χ0) is 16.6. The maximum absolute atomic E-state index is 6.04. The van der Waals surface area contributed by atoms with Gasteiger partial charge in [-0.1, -0.05) is 39.0 Å². The Labute approximate surface area is 147 Å². The van der Waals surface area contributed by atoms with E-state index in [0.29, 0.717) is 17.9 Å². The summed E-state index contributed by atoms with van der Waals surface area (Å²) in [6.07, 6.45) is 20.0. The van der Waals surface area contributed by atoms with Crippen LogP contribution in [0.1, 0.15) is 107 Å². The number of aromatic nitrogens is 2. The standard InChI is InChI=1S/C21H34N2O/c1-2-3-7-14-24-20-12-10-17(11-13-20)19-15-22-21(23-16-19)18-8-5-4-6-9-18/h15-18,20H,2-14H2,1H3. The molecule has 0 atom stereocenters. The second-order valence-electron chi connectivity index (χ2n) is 7.76. The molecule has 3 nitrogen and oxygen atoms in total. The van der Waals surface area contributed by atoms with Crippen LogP contribution >= 0.6 is 0 Å². The molecule has 0 spiro atoms. The second kappa shape index (κ2) is 9.50. The molecular weight excluding hydrogens is 296 g/mol. The van der Waals surface area contributed by atoms with Gasteiger partial charge in [0.05, 0.1) is 6.10 Å². The molecule has 2 aliphatic carbocycles. The van der Waals surface area contributed by atoms with Crippen molar-refractivity contribution in [3.05, 3.63) is 23.8 Å². The maximum atomic E-state index is 6.04. The summed E-state index contributed by atoms with van der Waals surface area (Å²) in [6.45, 7) is 3.19. The van der Waals surface area contributed by atoms with Crippen LogP contribution in [0.25, 0.3) is 0 Å². The minimum atomic E-state index is 0.487. The highest BCUT2D eigenvalue weighted by Gasteiger charge is 2.24. The van der Waals surface area contributed by atoms with Gasteiger partial charge in [-0.3, -0.25) is 0 Å². The Morgan fingerprint density at radius 3 is 2.25 bits per heavy atom. The molecule has 1 aromatic rings. The third-order valence-electron chi connectivity index (χ3n) is 5.91. The van der Waals surface area contributed by atoms with Crippen molar-refractivity contribution in [2.24, 2.45) is 0 Å². The molecule has 3 rings (SSSR count). The van der Waals surface area contributed by atoms with E-state index in [1.54, 1.807) is 0 Å². The first kappa shape index (κ1) is 17.8. The Morgan fingerprint density at radius 1 is 0.875 bits per heavy atom. The average Bonchev–Trinajstić information content (AvgIpc) is 2.67. The van der Waals surface area contributed by atoms with E-state index in [-0.39, 0.29) is 0 Å². The smallest absolute Gasteiger partial charge is 0.131 e. The van der Waals surface area contributed by atoms with Crippen LogP contribution in [0, 0.1) is 0 Å². The Kier molecular flexibility index (Phi) is 7.07. The molecule has 0 radical (unpaired) electrons. The molecule has 134 valence electrons. The van der Waals surface area contributed by atoms with E-state index < -0.39 is 0 Å². The first-order valence-corrected chi connectivity index (χ1v) is 10.3. The Morgan fingerprint density at radius 2 is 1.58 bits per heavy atom. The van der Waals surface area contributed by atoms with Crippen LogP contribution in [-0.2, 0) is 4.74 Å². The molecule has 0 unspecified atom stereocenters. The predicted molar refractivity (Wildman–Crippen MR) is 98.3 cm³/mol. The summed E-state index contributed by atoms with van der Waals surface area (Å²) in [6, 6.07) is 0. The van der Waals surface area contributed by atoms with Crippen molar-refractivity contribution >= 4 is 0 Å². The van der Waals surface area contributed by atoms with E-state index in [2.05, 4.69) is 19.3 Å². The van der Waals surface area contributed by atoms with E-state index in [0.717, 1.165) is 12.4 Å². The molecule has 0 N–H and O–H groups in total. The molecule has 1 aromatic heterocycles. The lowest BCUT2D eigenvalue weighted by Crippen LogP contribution is -2.21. The van der Waals surface area contributed by atoms with Gasteiger partial charge < -0.3 is 4.74 Å². The maximum Gasteiger partial charge on any atom is 0.131 e. The number of unbranched alkanes of at least 4 members (excludes halogenated alkanes) is 2. The van der Waals surface area contributed by atoms with Crippen LogP contribution in [-0.4, -0.2) is 22.7 Å². The van der Waals surface area contributed by atoms with Crippen LogP contribution in [0.2, 0.25) is 0 Å². The van der Waals surface area contributed by atoms with E-state index >= 15 is 0 Å². The summed E-state index contributed by atoms with van der Waals surface area (Å²) in [5.41, 5.74) is 1.35. The van der Waals surface area contributed by atoms with Crippen LogP contribution < -0.4 is 0 Å². The van der Waals surface area contributed by atoms with Crippen molar-refractivity contribution in [1.82, 2.24) is 9.97 Å². The van der Waals surface area contributed by atoms with Gasteiger partial charge in [-0.05, 0) is 56.4 Å².